The van der Waals surface area contributed by atoms with Gasteiger partial charge in [-0.1, -0.05) is 30.3 Å². The number of hydrogen-bond donors (Lipinski definition) is 1. The second kappa shape index (κ2) is 7.80. The fraction of sp³-hybridized carbons (Fsp3) is 0.143. The zero-order valence-corrected chi connectivity index (χ0v) is 17.9. The van der Waals surface area contributed by atoms with Gasteiger partial charge in [-0.05, 0) is 22.9 Å². The monoisotopic (exact) mass is 451 g/mol. The molecule has 0 atom stereocenters. The van der Waals surface area contributed by atoms with E-state index in [1.54, 1.807) is 12.1 Å². The molecule has 0 saturated carbocycles. The van der Waals surface area contributed by atoms with Crippen molar-refractivity contribution in [1.82, 2.24) is 19.3 Å². The van der Waals surface area contributed by atoms with Gasteiger partial charge in [-0.15, -0.1) is 11.3 Å². The quantitative estimate of drug-likeness (QED) is 0.511. The Hall–Kier alpha value is -3.21. The molecule has 0 bridgehead atoms. The lowest BCUT2D eigenvalue weighted by molar-refractivity contribution is 0.102. The third kappa shape index (κ3) is 3.80. The van der Waals surface area contributed by atoms with Gasteiger partial charge in [0.2, 0.25) is 10.0 Å². The number of carbonyl (C=O) groups is 1. The summed E-state index contributed by atoms with van der Waals surface area (Å²) in [5.74, 6) is -0.403. The second-order valence-electron chi connectivity index (χ2n) is 7.03. The van der Waals surface area contributed by atoms with E-state index in [0.29, 0.717) is 18.1 Å². The van der Waals surface area contributed by atoms with Gasteiger partial charge in [0.15, 0.2) is 5.13 Å². The van der Waals surface area contributed by atoms with Crippen LogP contribution < -0.4 is 5.32 Å². The molecule has 1 aliphatic rings. The minimum Gasteiger partial charge on any atom is -0.296 e. The van der Waals surface area contributed by atoms with Crippen molar-refractivity contribution in [3.05, 3.63) is 77.3 Å². The molecule has 0 radical (unpaired) electrons. The Labute approximate surface area is 182 Å². The van der Waals surface area contributed by atoms with Gasteiger partial charge in [0.05, 0.1) is 23.3 Å². The molecule has 2 aromatic heterocycles. The van der Waals surface area contributed by atoms with E-state index in [9.17, 15) is 13.2 Å². The van der Waals surface area contributed by atoms with Crippen LogP contribution in [0.15, 0.2) is 66.0 Å². The van der Waals surface area contributed by atoms with Crippen LogP contribution in [0.2, 0.25) is 0 Å². The van der Waals surface area contributed by atoms with E-state index in [1.807, 2.05) is 30.3 Å². The summed E-state index contributed by atoms with van der Waals surface area (Å²) < 4.78 is 27.9. The van der Waals surface area contributed by atoms with E-state index in [0.717, 1.165) is 21.3 Å². The molecule has 31 heavy (non-hydrogen) atoms. The topological polar surface area (TPSA) is 105 Å². The number of thiazole rings is 1. The van der Waals surface area contributed by atoms with Crippen LogP contribution in [0.25, 0.3) is 10.8 Å². The molecule has 4 aromatic rings. The molecule has 1 aliphatic heterocycles. The van der Waals surface area contributed by atoms with Gasteiger partial charge >= 0.3 is 0 Å². The smallest absolute Gasteiger partial charge is 0.277 e. The Morgan fingerprint density at radius 2 is 1.94 bits per heavy atom. The standard InChI is InChI=1S/C21H17N5O3S2/c27-20(18-12-22-8-9-23-18)25-21-24-17-7-10-26(13-19(17)30-21)31(28,29)16-6-5-14-3-1-2-4-15(14)11-16/h1-6,8-9,11-12H,7,10,13H2,(H,24,25,27). The number of rotatable bonds is 4. The van der Waals surface area contributed by atoms with E-state index in [-0.39, 0.29) is 17.1 Å². The summed E-state index contributed by atoms with van der Waals surface area (Å²) in [7, 11) is -3.65. The highest BCUT2D eigenvalue weighted by molar-refractivity contribution is 7.89. The number of anilines is 1. The molecule has 10 heteroatoms. The number of aromatic nitrogens is 3. The van der Waals surface area contributed by atoms with Gasteiger partial charge in [-0.2, -0.15) is 4.31 Å². The fourth-order valence-electron chi connectivity index (χ4n) is 3.49. The molecule has 0 spiro atoms. The summed E-state index contributed by atoms with van der Waals surface area (Å²) in [6.45, 7) is 0.562. The molecular formula is C21H17N5O3S2. The number of benzene rings is 2. The summed E-state index contributed by atoms with van der Waals surface area (Å²) in [6.07, 6.45) is 4.79. The van der Waals surface area contributed by atoms with Crippen molar-refractivity contribution in [2.75, 3.05) is 11.9 Å². The van der Waals surface area contributed by atoms with E-state index in [4.69, 9.17) is 0 Å². The predicted octanol–water partition coefficient (Wildman–Crippen LogP) is 3.09. The van der Waals surface area contributed by atoms with Crippen LogP contribution in [0.1, 0.15) is 21.1 Å². The molecule has 1 N–H and O–H groups in total. The predicted molar refractivity (Wildman–Crippen MR) is 117 cm³/mol. The molecule has 156 valence electrons. The molecule has 2 aromatic carbocycles. The maximum atomic E-state index is 13.2. The second-order valence-corrected chi connectivity index (χ2v) is 10.1. The minimum atomic E-state index is -3.65. The summed E-state index contributed by atoms with van der Waals surface area (Å²) in [5, 5.41) is 5.02. The Balaban J connectivity index is 1.37. The maximum Gasteiger partial charge on any atom is 0.277 e. The van der Waals surface area contributed by atoms with Crippen LogP contribution in [0.3, 0.4) is 0 Å². The van der Waals surface area contributed by atoms with Crippen LogP contribution >= 0.6 is 11.3 Å². The highest BCUT2D eigenvalue weighted by atomic mass is 32.2. The molecule has 0 saturated heterocycles. The molecular weight excluding hydrogens is 434 g/mol. The fourth-order valence-corrected chi connectivity index (χ4v) is 6.03. The summed E-state index contributed by atoms with van der Waals surface area (Å²) in [6, 6.07) is 12.8. The summed E-state index contributed by atoms with van der Waals surface area (Å²) >= 11 is 1.28. The van der Waals surface area contributed by atoms with E-state index in [2.05, 4.69) is 20.3 Å². The van der Waals surface area contributed by atoms with Crippen LogP contribution in [-0.2, 0) is 23.0 Å². The number of nitrogens with zero attached hydrogens (tertiary/aromatic N) is 4. The van der Waals surface area contributed by atoms with Crippen molar-refractivity contribution in [2.45, 2.75) is 17.9 Å². The Kier molecular flexibility index (Phi) is 4.97. The van der Waals surface area contributed by atoms with E-state index in [1.165, 1.54) is 34.2 Å². The van der Waals surface area contributed by atoms with Gasteiger partial charge in [-0.25, -0.2) is 18.4 Å². The zero-order chi connectivity index (χ0) is 21.4. The number of sulfonamides is 1. The minimum absolute atomic E-state index is 0.191. The first-order chi connectivity index (χ1) is 15.0. The summed E-state index contributed by atoms with van der Waals surface area (Å²) in [5.41, 5.74) is 1.00. The van der Waals surface area contributed by atoms with Crippen molar-refractivity contribution >= 4 is 43.2 Å². The average Bonchev–Trinajstić information content (AvgIpc) is 3.20. The van der Waals surface area contributed by atoms with Gasteiger partial charge in [0.25, 0.3) is 5.91 Å². The highest BCUT2D eigenvalue weighted by Crippen LogP contribution is 2.32. The van der Waals surface area contributed by atoms with Gasteiger partial charge in [-0.3, -0.25) is 15.1 Å². The van der Waals surface area contributed by atoms with Crippen LogP contribution in [0.4, 0.5) is 5.13 Å². The van der Waals surface area contributed by atoms with E-state index < -0.39 is 15.9 Å². The van der Waals surface area contributed by atoms with Gasteiger partial charge < -0.3 is 0 Å². The van der Waals surface area contributed by atoms with Crippen molar-refractivity contribution < 1.29 is 13.2 Å². The maximum absolute atomic E-state index is 13.2. The molecule has 8 nitrogen and oxygen atoms in total. The van der Waals surface area contributed by atoms with Gasteiger partial charge in [0.1, 0.15) is 5.69 Å². The zero-order valence-electron chi connectivity index (χ0n) is 16.2. The number of carbonyl (C=O) groups excluding carboxylic acids is 1. The Bertz CT molecular complexity index is 1390. The summed E-state index contributed by atoms with van der Waals surface area (Å²) in [4.78, 5) is 25.7. The van der Waals surface area contributed by atoms with E-state index >= 15 is 0 Å². The average molecular weight is 452 g/mol. The third-order valence-corrected chi connectivity index (χ3v) is 7.91. The first kappa shape index (κ1) is 19.7. The lowest BCUT2D eigenvalue weighted by atomic mass is 10.1. The Morgan fingerprint density at radius 1 is 1.10 bits per heavy atom. The molecule has 5 rings (SSSR count). The first-order valence-electron chi connectivity index (χ1n) is 9.55. The molecule has 3 heterocycles. The third-order valence-electron chi connectivity index (χ3n) is 5.07. The van der Waals surface area contributed by atoms with Crippen molar-refractivity contribution in [2.24, 2.45) is 0 Å². The number of hydrogen-bond acceptors (Lipinski definition) is 7. The van der Waals surface area contributed by atoms with Crippen molar-refractivity contribution in [3.63, 3.8) is 0 Å². The van der Waals surface area contributed by atoms with Crippen LogP contribution in [0, 0.1) is 0 Å². The normalized spacial score (nSPS) is 14.3. The number of fused-ring (bicyclic) bond motifs is 2. The van der Waals surface area contributed by atoms with Crippen LogP contribution in [-0.4, -0.2) is 40.1 Å². The van der Waals surface area contributed by atoms with Crippen LogP contribution in [0.5, 0.6) is 0 Å². The molecule has 0 unspecified atom stereocenters. The molecule has 0 aliphatic carbocycles. The van der Waals surface area contributed by atoms with Gasteiger partial charge in [0, 0.05) is 30.2 Å². The highest BCUT2D eigenvalue weighted by Gasteiger charge is 2.30. The van der Waals surface area contributed by atoms with Crippen molar-refractivity contribution in [1.29, 1.82) is 0 Å². The number of nitrogens with one attached hydrogen (secondary N) is 1. The molecule has 0 fully saturated rings. The van der Waals surface area contributed by atoms with Crippen molar-refractivity contribution in [3.8, 4) is 0 Å². The lowest BCUT2D eigenvalue weighted by Crippen LogP contribution is -2.35. The Morgan fingerprint density at radius 3 is 2.74 bits per heavy atom. The molecule has 1 amide bonds. The number of amides is 1. The first-order valence-corrected chi connectivity index (χ1v) is 11.8. The lowest BCUT2D eigenvalue weighted by Gasteiger charge is -2.25. The SMILES string of the molecule is O=C(Nc1nc2c(s1)CN(S(=O)(=O)c1ccc3ccccc3c1)CC2)c1cnccn1. The largest absolute Gasteiger partial charge is 0.296 e.